The second kappa shape index (κ2) is 4.44. The number of carbonyl (C=O) groups is 1. The molecule has 0 saturated carbocycles. The highest BCUT2D eigenvalue weighted by Crippen LogP contribution is 2.20. The van der Waals surface area contributed by atoms with Gasteiger partial charge in [-0.1, -0.05) is 0 Å². The molecular formula is C5H7F3O3S. The quantitative estimate of drug-likeness (QED) is 0.639. The van der Waals surface area contributed by atoms with Crippen LogP contribution in [0.15, 0.2) is 0 Å². The maximum atomic E-state index is 11.6. The Morgan fingerprint density at radius 2 is 2.00 bits per heavy atom. The molecule has 0 spiro atoms. The van der Waals surface area contributed by atoms with Gasteiger partial charge in [-0.2, -0.15) is 13.2 Å². The van der Waals surface area contributed by atoms with Gasteiger partial charge < -0.3 is 4.74 Å². The summed E-state index contributed by atoms with van der Waals surface area (Å²) < 4.78 is 49.0. The molecule has 0 heterocycles. The first-order chi connectivity index (χ1) is 5.38. The van der Waals surface area contributed by atoms with Gasteiger partial charge in [0.2, 0.25) is 0 Å². The largest absolute Gasteiger partial charge is 0.471 e. The molecule has 0 bridgehead atoms. The van der Waals surface area contributed by atoms with E-state index in [2.05, 4.69) is 4.74 Å². The van der Waals surface area contributed by atoms with Crippen molar-refractivity contribution in [3.8, 4) is 0 Å². The lowest BCUT2D eigenvalue weighted by atomic mass is 10.5. The van der Waals surface area contributed by atoms with Gasteiger partial charge in [0.15, 0.2) is 0 Å². The standard InChI is InChI=1S/C5H7F3O3S/c1-11-4(9)2-3-12(10)5(6,7)8/h2-3H2,1H3. The normalized spacial score (nSPS) is 14.0. The molecule has 0 aromatic rings. The van der Waals surface area contributed by atoms with Crippen LogP contribution in [-0.2, 0) is 20.3 Å². The third-order valence-electron chi connectivity index (χ3n) is 0.977. The molecule has 12 heavy (non-hydrogen) atoms. The number of ether oxygens (including phenoxy) is 1. The molecule has 0 saturated heterocycles. The summed E-state index contributed by atoms with van der Waals surface area (Å²) >= 11 is 0. The fourth-order valence-corrected chi connectivity index (χ4v) is 0.977. The maximum absolute atomic E-state index is 11.6. The van der Waals surface area contributed by atoms with E-state index in [1.165, 1.54) is 0 Å². The second-order valence-corrected chi connectivity index (χ2v) is 3.38. The molecule has 0 aromatic carbocycles. The van der Waals surface area contributed by atoms with Gasteiger partial charge in [-0.25, -0.2) is 0 Å². The van der Waals surface area contributed by atoms with E-state index in [1.807, 2.05) is 0 Å². The minimum absolute atomic E-state index is 0.484. The molecule has 0 radical (unpaired) electrons. The minimum Gasteiger partial charge on any atom is -0.469 e. The van der Waals surface area contributed by atoms with E-state index >= 15 is 0 Å². The topological polar surface area (TPSA) is 43.4 Å². The smallest absolute Gasteiger partial charge is 0.469 e. The average Bonchev–Trinajstić information content (AvgIpc) is 1.97. The Hall–Kier alpha value is -0.590. The van der Waals surface area contributed by atoms with Crippen LogP contribution in [0.3, 0.4) is 0 Å². The minimum atomic E-state index is -4.74. The molecule has 0 N–H and O–H groups in total. The Labute approximate surface area is 69.3 Å². The Balaban J connectivity index is 3.81. The number of hydrogen-bond donors (Lipinski definition) is 0. The molecule has 0 fully saturated rings. The van der Waals surface area contributed by atoms with E-state index in [0.717, 1.165) is 7.11 Å². The van der Waals surface area contributed by atoms with Crippen molar-refractivity contribution >= 4 is 16.8 Å². The number of halogens is 3. The summed E-state index contributed by atoms with van der Waals surface area (Å²) in [5, 5.41) is 0. The van der Waals surface area contributed by atoms with Crippen molar-refractivity contribution in [3.63, 3.8) is 0 Å². The van der Waals surface area contributed by atoms with E-state index in [4.69, 9.17) is 0 Å². The van der Waals surface area contributed by atoms with Crippen LogP contribution >= 0.6 is 0 Å². The molecule has 0 aliphatic carbocycles. The first-order valence-electron chi connectivity index (χ1n) is 2.90. The molecule has 0 rings (SSSR count). The van der Waals surface area contributed by atoms with Crippen LogP contribution in [0.4, 0.5) is 13.2 Å². The van der Waals surface area contributed by atoms with Crippen LogP contribution < -0.4 is 0 Å². The SMILES string of the molecule is COC(=O)CCS(=O)C(F)(F)F. The highest BCUT2D eigenvalue weighted by Gasteiger charge is 2.36. The highest BCUT2D eigenvalue weighted by molar-refractivity contribution is 7.85. The van der Waals surface area contributed by atoms with Crippen molar-refractivity contribution < 1.29 is 26.9 Å². The Bertz CT molecular complexity index is 189. The molecule has 7 heteroatoms. The molecule has 72 valence electrons. The van der Waals surface area contributed by atoms with Crippen LogP contribution in [-0.4, -0.2) is 28.5 Å². The van der Waals surface area contributed by atoms with Crippen LogP contribution in [0.25, 0.3) is 0 Å². The lowest BCUT2D eigenvalue weighted by Crippen LogP contribution is -2.20. The Morgan fingerprint density at radius 3 is 2.33 bits per heavy atom. The van der Waals surface area contributed by atoms with Crippen molar-refractivity contribution in [1.29, 1.82) is 0 Å². The van der Waals surface area contributed by atoms with Gasteiger partial charge in [0.05, 0.1) is 13.5 Å². The average molecular weight is 204 g/mol. The summed E-state index contributed by atoms with van der Waals surface area (Å²) in [6.07, 6.45) is -0.484. The van der Waals surface area contributed by atoms with Crippen molar-refractivity contribution in [2.24, 2.45) is 0 Å². The predicted molar refractivity (Wildman–Crippen MR) is 35.7 cm³/mol. The summed E-state index contributed by atoms with van der Waals surface area (Å²) in [5.74, 6) is -1.54. The fraction of sp³-hybridized carbons (Fsp3) is 0.800. The summed E-state index contributed by atoms with van der Waals surface area (Å²) in [6, 6.07) is 0. The highest BCUT2D eigenvalue weighted by atomic mass is 32.2. The zero-order chi connectivity index (χ0) is 9.78. The maximum Gasteiger partial charge on any atom is 0.471 e. The number of hydrogen-bond acceptors (Lipinski definition) is 3. The Kier molecular flexibility index (Phi) is 4.22. The molecule has 0 aromatic heterocycles. The number of esters is 1. The first kappa shape index (κ1) is 11.4. The monoisotopic (exact) mass is 204 g/mol. The summed E-state index contributed by atoms with van der Waals surface area (Å²) in [6.45, 7) is 0. The van der Waals surface area contributed by atoms with Crippen molar-refractivity contribution in [2.45, 2.75) is 11.9 Å². The van der Waals surface area contributed by atoms with Gasteiger partial charge in [0, 0.05) is 5.75 Å². The fourth-order valence-electron chi connectivity index (χ4n) is 0.394. The van der Waals surface area contributed by atoms with Gasteiger partial charge in [-0.05, 0) is 0 Å². The van der Waals surface area contributed by atoms with Gasteiger partial charge in [-0.3, -0.25) is 9.00 Å². The van der Waals surface area contributed by atoms with Gasteiger partial charge in [0.1, 0.15) is 10.8 Å². The van der Waals surface area contributed by atoms with E-state index in [1.54, 1.807) is 0 Å². The predicted octanol–water partition coefficient (Wildman–Crippen LogP) is 0.818. The lowest BCUT2D eigenvalue weighted by molar-refractivity contribution is -0.140. The third-order valence-corrected chi connectivity index (χ3v) is 2.07. The molecule has 0 aliphatic heterocycles. The number of carbonyl (C=O) groups excluding carboxylic acids is 1. The van der Waals surface area contributed by atoms with Gasteiger partial charge in [0.25, 0.3) is 0 Å². The zero-order valence-corrected chi connectivity index (χ0v) is 7.00. The molecule has 0 aliphatic rings. The second-order valence-electron chi connectivity index (χ2n) is 1.82. The lowest BCUT2D eigenvalue weighted by Gasteiger charge is -2.04. The van der Waals surface area contributed by atoms with Gasteiger partial charge in [-0.15, -0.1) is 0 Å². The van der Waals surface area contributed by atoms with Crippen LogP contribution in [0.1, 0.15) is 6.42 Å². The van der Waals surface area contributed by atoms with E-state index in [0.29, 0.717) is 0 Å². The van der Waals surface area contributed by atoms with E-state index in [9.17, 15) is 22.2 Å². The molecular weight excluding hydrogens is 197 g/mol. The molecule has 0 amide bonds. The first-order valence-corrected chi connectivity index (χ1v) is 4.22. The van der Waals surface area contributed by atoms with Crippen LogP contribution in [0.2, 0.25) is 0 Å². The summed E-state index contributed by atoms with van der Waals surface area (Å²) in [7, 11) is -1.91. The number of alkyl halides is 3. The molecule has 1 atom stereocenters. The van der Waals surface area contributed by atoms with Crippen molar-refractivity contribution in [3.05, 3.63) is 0 Å². The number of methoxy groups -OCH3 is 1. The summed E-state index contributed by atoms with van der Waals surface area (Å²) in [5.41, 5.74) is -4.74. The molecule has 1 unspecified atom stereocenters. The molecule has 3 nitrogen and oxygen atoms in total. The van der Waals surface area contributed by atoms with E-state index < -0.39 is 34.5 Å². The van der Waals surface area contributed by atoms with Crippen molar-refractivity contribution in [2.75, 3.05) is 12.9 Å². The van der Waals surface area contributed by atoms with Crippen LogP contribution in [0, 0.1) is 0 Å². The third kappa shape index (κ3) is 4.32. The van der Waals surface area contributed by atoms with Gasteiger partial charge >= 0.3 is 11.5 Å². The Morgan fingerprint density at radius 1 is 1.50 bits per heavy atom. The zero-order valence-electron chi connectivity index (χ0n) is 6.18. The van der Waals surface area contributed by atoms with Crippen molar-refractivity contribution in [1.82, 2.24) is 0 Å². The van der Waals surface area contributed by atoms with E-state index in [-0.39, 0.29) is 0 Å². The summed E-state index contributed by atoms with van der Waals surface area (Å²) in [4.78, 5) is 10.3. The van der Waals surface area contributed by atoms with Crippen LogP contribution in [0.5, 0.6) is 0 Å². The number of rotatable bonds is 3.